The molecule has 3 aromatic carbocycles. The van der Waals surface area contributed by atoms with Gasteiger partial charge in [-0.1, -0.05) is 42.5 Å². The number of hydrogen-bond donors (Lipinski definition) is 0. The standard InChI is InChI=1S/C28H29NO3/c1-31-26-11-7-8-22(20-26)21-27(23-9-3-2-4-10-23)28(30)24-12-14-25(15-13-24)32-19-18-29-16-5-6-17-29/h2-4,7-15,20-21H,5-6,16-19H2,1H3/b27-21+. The molecular weight excluding hydrogens is 398 g/mol. The summed E-state index contributed by atoms with van der Waals surface area (Å²) >= 11 is 0. The summed E-state index contributed by atoms with van der Waals surface area (Å²) in [5.74, 6) is 1.52. The van der Waals surface area contributed by atoms with Gasteiger partial charge in [-0.2, -0.15) is 0 Å². The second kappa shape index (κ2) is 10.8. The molecule has 4 heteroatoms. The van der Waals surface area contributed by atoms with Crippen molar-refractivity contribution < 1.29 is 14.3 Å². The van der Waals surface area contributed by atoms with Gasteiger partial charge in [0.05, 0.1) is 7.11 Å². The van der Waals surface area contributed by atoms with Gasteiger partial charge in [-0.3, -0.25) is 9.69 Å². The number of hydrogen-bond acceptors (Lipinski definition) is 4. The summed E-state index contributed by atoms with van der Waals surface area (Å²) in [6.45, 7) is 3.94. The van der Waals surface area contributed by atoms with Gasteiger partial charge in [-0.25, -0.2) is 0 Å². The van der Waals surface area contributed by atoms with Crippen LogP contribution in [0.3, 0.4) is 0 Å². The fraction of sp³-hybridized carbons (Fsp3) is 0.250. The van der Waals surface area contributed by atoms with Gasteiger partial charge >= 0.3 is 0 Å². The highest BCUT2D eigenvalue weighted by Gasteiger charge is 2.15. The van der Waals surface area contributed by atoms with Crippen molar-refractivity contribution in [2.24, 2.45) is 0 Å². The molecule has 1 saturated heterocycles. The third kappa shape index (κ3) is 5.65. The molecule has 1 heterocycles. The number of rotatable bonds is 9. The number of carbonyl (C=O) groups excluding carboxylic acids is 1. The Morgan fingerprint density at radius 2 is 1.62 bits per heavy atom. The quantitative estimate of drug-likeness (QED) is 0.253. The van der Waals surface area contributed by atoms with E-state index in [0.29, 0.717) is 17.7 Å². The van der Waals surface area contributed by atoms with Crippen LogP contribution >= 0.6 is 0 Å². The maximum absolute atomic E-state index is 13.5. The molecule has 0 N–H and O–H groups in total. The van der Waals surface area contributed by atoms with Gasteiger partial charge in [0.15, 0.2) is 5.78 Å². The van der Waals surface area contributed by atoms with Crippen molar-refractivity contribution in [2.75, 3.05) is 33.4 Å². The summed E-state index contributed by atoms with van der Waals surface area (Å²) in [7, 11) is 1.64. The molecule has 1 fully saturated rings. The fourth-order valence-corrected chi connectivity index (χ4v) is 3.95. The lowest BCUT2D eigenvalue weighted by atomic mass is 9.94. The van der Waals surface area contributed by atoms with E-state index in [1.54, 1.807) is 7.11 Å². The topological polar surface area (TPSA) is 38.8 Å². The molecule has 0 atom stereocenters. The number of methoxy groups -OCH3 is 1. The van der Waals surface area contributed by atoms with Crippen molar-refractivity contribution in [1.29, 1.82) is 0 Å². The van der Waals surface area contributed by atoms with Crippen LogP contribution in [0.25, 0.3) is 11.6 Å². The zero-order chi connectivity index (χ0) is 22.2. The SMILES string of the molecule is COc1cccc(/C=C(/C(=O)c2ccc(OCCN3CCCC3)cc2)c2ccccc2)c1. The van der Waals surface area contributed by atoms with Gasteiger partial charge in [0.2, 0.25) is 0 Å². The van der Waals surface area contributed by atoms with E-state index in [-0.39, 0.29) is 5.78 Å². The molecule has 0 unspecified atom stereocenters. The van der Waals surface area contributed by atoms with Gasteiger partial charge in [0.25, 0.3) is 0 Å². The van der Waals surface area contributed by atoms with E-state index in [9.17, 15) is 4.79 Å². The summed E-state index contributed by atoms with van der Waals surface area (Å²) in [5.41, 5.74) is 3.07. The van der Waals surface area contributed by atoms with Crippen LogP contribution in [0.1, 0.15) is 34.3 Å². The summed E-state index contributed by atoms with van der Waals surface area (Å²) in [6.07, 6.45) is 4.48. The molecule has 0 aliphatic carbocycles. The molecule has 32 heavy (non-hydrogen) atoms. The summed E-state index contributed by atoms with van der Waals surface area (Å²) in [6, 6.07) is 24.9. The lowest BCUT2D eigenvalue weighted by molar-refractivity contribution is 0.105. The van der Waals surface area contributed by atoms with Crippen LogP contribution in [0.4, 0.5) is 0 Å². The zero-order valence-corrected chi connectivity index (χ0v) is 18.5. The van der Waals surface area contributed by atoms with Crippen molar-refractivity contribution in [2.45, 2.75) is 12.8 Å². The van der Waals surface area contributed by atoms with Gasteiger partial charge in [-0.15, -0.1) is 0 Å². The Morgan fingerprint density at radius 1 is 0.875 bits per heavy atom. The van der Waals surface area contributed by atoms with Crippen molar-refractivity contribution in [3.63, 3.8) is 0 Å². The Labute approximate surface area is 190 Å². The number of likely N-dealkylation sites (tertiary alicyclic amines) is 1. The molecule has 1 aliphatic heterocycles. The monoisotopic (exact) mass is 427 g/mol. The number of allylic oxidation sites excluding steroid dienone is 1. The number of ether oxygens (including phenoxy) is 2. The number of nitrogens with zero attached hydrogens (tertiary/aromatic N) is 1. The van der Waals surface area contributed by atoms with E-state index in [1.165, 1.54) is 25.9 Å². The van der Waals surface area contributed by atoms with E-state index in [4.69, 9.17) is 9.47 Å². The van der Waals surface area contributed by atoms with Crippen LogP contribution in [0.2, 0.25) is 0 Å². The normalized spacial score (nSPS) is 14.3. The lowest BCUT2D eigenvalue weighted by Gasteiger charge is -2.15. The second-order valence-electron chi connectivity index (χ2n) is 7.95. The molecule has 1 aliphatic rings. The minimum absolute atomic E-state index is 0.0253. The number of Topliss-reactive ketones (excluding diaryl/α,β-unsaturated/α-hetero) is 1. The van der Waals surface area contributed by atoms with Crippen LogP contribution in [0, 0.1) is 0 Å². The van der Waals surface area contributed by atoms with Crippen molar-refractivity contribution >= 4 is 17.4 Å². The minimum Gasteiger partial charge on any atom is -0.497 e. The third-order valence-corrected chi connectivity index (χ3v) is 5.73. The van der Waals surface area contributed by atoms with Gasteiger partial charge in [0, 0.05) is 17.7 Å². The maximum Gasteiger partial charge on any atom is 0.193 e. The van der Waals surface area contributed by atoms with Gasteiger partial charge < -0.3 is 9.47 Å². The van der Waals surface area contributed by atoms with Gasteiger partial charge in [0.1, 0.15) is 18.1 Å². The first-order valence-corrected chi connectivity index (χ1v) is 11.1. The van der Waals surface area contributed by atoms with E-state index in [1.807, 2.05) is 84.9 Å². The van der Waals surface area contributed by atoms with Crippen molar-refractivity contribution in [1.82, 2.24) is 4.90 Å². The highest BCUT2D eigenvalue weighted by atomic mass is 16.5. The lowest BCUT2D eigenvalue weighted by Crippen LogP contribution is -2.25. The van der Waals surface area contributed by atoms with Crippen molar-refractivity contribution in [3.8, 4) is 11.5 Å². The number of carbonyl (C=O) groups is 1. The minimum atomic E-state index is -0.0253. The summed E-state index contributed by atoms with van der Waals surface area (Å²) in [5, 5.41) is 0. The highest BCUT2D eigenvalue weighted by Crippen LogP contribution is 2.25. The van der Waals surface area contributed by atoms with Crippen LogP contribution < -0.4 is 9.47 Å². The molecule has 3 aromatic rings. The maximum atomic E-state index is 13.5. The van der Waals surface area contributed by atoms with Crippen LogP contribution in [-0.2, 0) is 0 Å². The first-order chi connectivity index (χ1) is 15.7. The molecule has 4 rings (SSSR count). The van der Waals surface area contributed by atoms with Gasteiger partial charge in [-0.05, 0) is 79.5 Å². The van der Waals surface area contributed by atoms with E-state index in [0.717, 1.165) is 29.2 Å². The molecule has 164 valence electrons. The molecule has 0 aromatic heterocycles. The average Bonchev–Trinajstić information content (AvgIpc) is 3.37. The Balaban J connectivity index is 1.52. The molecule has 0 bridgehead atoms. The Morgan fingerprint density at radius 3 is 2.34 bits per heavy atom. The Kier molecular flexibility index (Phi) is 7.36. The summed E-state index contributed by atoms with van der Waals surface area (Å²) in [4.78, 5) is 15.9. The van der Waals surface area contributed by atoms with E-state index in [2.05, 4.69) is 4.90 Å². The predicted octanol–water partition coefficient (Wildman–Crippen LogP) is 5.59. The first kappa shape index (κ1) is 21.8. The predicted molar refractivity (Wildman–Crippen MR) is 129 cm³/mol. The molecular formula is C28H29NO3. The fourth-order valence-electron chi connectivity index (χ4n) is 3.95. The number of ketones is 1. The molecule has 0 radical (unpaired) electrons. The average molecular weight is 428 g/mol. The second-order valence-corrected chi connectivity index (χ2v) is 7.95. The zero-order valence-electron chi connectivity index (χ0n) is 18.5. The highest BCUT2D eigenvalue weighted by molar-refractivity contribution is 6.32. The van der Waals surface area contributed by atoms with Crippen LogP contribution in [0.15, 0.2) is 78.9 Å². The van der Waals surface area contributed by atoms with E-state index >= 15 is 0 Å². The summed E-state index contributed by atoms with van der Waals surface area (Å²) < 4.78 is 11.2. The molecule has 0 saturated carbocycles. The van der Waals surface area contributed by atoms with Crippen LogP contribution in [-0.4, -0.2) is 44.0 Å². The van der Waals surface area contributed by atoms with Crippen molar-refractivity contribution in [3.05, 3.63) is 95.6 Å². The Bertz CT molecular complexity index is 1050. The molecule has 4 nitrogen and oxygen atoms in total. The molecule has 0 spiro atoms. The van der Waals surface area contributed by atoms with Crippen LogP contribution in [0.5, 0.6) is 11.5 Å². The smallest absolute Gasteiger partial charge is 0.193 e. The number of benzene rings is 3. The Hall–Kier alpha value is -3.37. The van der Waals surface area contributed by atoms with E-state index < -0.39 is 0 Å². The first-order valence-electron chi connectivity index (χ1n) is 11.1. The molecule has 0 amide bonds. The third-order valence-electron chi connectivity index (χ3n) is 5.73. The largest absolute Gasteiger partial charge is 0.497 e.